The van der Waals surface area contributed by atoms with Gasteiger partial charge in [-0.1, -0.05) is 68.3 Å². The Morgan fingerprint density at radius 2 is 2.00 bits per heavy atom. The average molecular weight is 579 g/mol. The van der Waals surface area contributed by atoms with Gasteiger partial charge >= 0.3 is 0 Å². The molecule has 28 heavy (non-hydrogen) atoms. The number of hydrogen-bond donors (Lipinski definition) is 1. The van der Waals surface area contributed by atoms with Crippen molar-refractivity contribution in [3.63, 3.8) is 0 Å². The number of pyridine rings is 1. The van der Waals surface area contributed by atoms with Crippen LogP contribution in [0.25, 0.3) is 10.6 Å². The van der Waals surface area contributed by atoms with Crippen molar-refractivity contribution in [3.05, 3.63) is 52.7 Å². The second-order valence-electron chi connectivity index (χ2n) is 8.11. The molecule has 5 heteroatoms. The van der Waals surface area contributed by atoms with Crippen LogP contribution in [0.5, 0.6) is 0 Å². The van der Waals surface area contributed by atoms with E-state index in [4.69, 9.17) is 5.11 Å². The zero-order valence-corrected chi connectivity index (χ0v) is 21.1. The molecule has 0 bridgehead atoms. The number of carbonyl (C=O) groups is 1. The predicted octanol–water partition coefficient (Wildman–Crippen LogP) is 6.75. The molecular formula is C23H32IrNO2S-. The van der Waals surface area contributed by atoms with Crippen LogP contribution in [-0.4, -0.2) is 15.9 Å². The third-order valence-electron chi connectivity index (χ3n) is 3.87. The summed E-state index contributed by atoms with van der Waals surface area (Å²) in [6.07, 6.45) is 5.34. The van der Waals surface area contributed by atoms with Crippen LogP contribution in [0, 0.1) is 11.5 Å². The Bertz CT molecular complexity index is 771. The SMILES string of the molecule is CC(=O)/C=C(/C)O.CCC(C)c1c[c-]c(-c2cc(CC(C)(C)C)ccn2)s1.[Ir]. The number of allylic oxidation sites excluding steroid dienone is 2. The predicted molar refractivity (Wildman–Crippen MR) is 115 cm³/mol. The molecule has 0 fully saturated rings. The van der Waals surface area contributed by atoms with Gasteiger partial charge in [-0.05, 0) is 37.4 Å². The van der Waals surface area contributed by atoms with Crippen molar-refractivity contribution in [3.8, 4) is 10.6 Å². The van der Waals surface area contributed by atoms with Crippen molar-refractivity contribution in [1.82, 2.24) is 4.98 Å². The zero-order valence-electron chi connectivity index (χ0n) is 17.9. The summed E-state index contributed by atoms with van der Waals surface area (Å²) >= 11 is 1.83. The topological polar surface area (TPSA) is 50.2 Å². The van der Waals surface area contributed by atoms with Gasteiger partial charge in [0.1, 0.15) is 0 Å². The molecule has 1 radical (unpaired) electrons. The molecule has 157 valence electrons. The van der Waals surface area contributed by atoms with Crippen LogP contribution < -0.4 is 0 Å². The molecule has 0 aliphatic heterocycles. The third-order valence-corrected chi connectivity index (χ3v) is 5.15. The van der Waals surface area contributed by atoms with E-state index in [9.17, 15) is 4.79 Å². The van der Waals surface area contributed by atoms with Crippen LogP contribution in [0.1, 0.15) is 71.2 Å². The average Bonchev–Trinajstić information content (AvgIpc) is 3.02. The van der Waals surface area contributed by atoms with E-state index in [0.717, 1.165) is 17.0 Å². The number of ketones is 1. The number of thiophene rings is 1. The molecule has 0 spiro atoms. The molecule has 0 aromatic carbocycles. The summed E-state index contributed by atoms with van der Waals surface area (Å²) in [6, 6.07) is 9.85. The summed E-state index contributed by atoms with van der Waals surface area (Å²) in [5.41, 5.74) is 2.72. The maximum Gasteiger partial charge on any atom is 0.155 e. The smallest absolute Gasteiger partial charge is 0.155 e. The molecule has 0 amide bonds. The number of nitrogens with zero attached hydrogens (tertiary/aromatic N) is 1. The fraction of sp³-hybridized carbons (Fsp3) is 0.478. The molecule has 1 unspecified atom stereocenters. The number of rotatable bonds is 5. The molecule has 2 rings (SSSR count). The molecule has 3 nitrogen and oxygen atoms in total. The monoisotopic (exact) mass is 579 g/mol. The first-order valence-electron chi connectivity index (χ1n) is 9.36. The number of aliphatic hydroxyl groups excluding tert-OH is 1. The van der Waals surface area contributed by atoms with Crippen molar-refractivity contribution in [2.45, 2.75) is 67.2 Å². The second kappa shape index (κ2) is 12.3. The van der Waals surface area contributed by atoms with Crippen LogP contribution in [0.15, 0.2) is 36.2 Å². The number of aromatic nitrogens is 1. The van der Waals surface area contributed by atoms with Crippen molar-refractivity contribution in [2.24, 2.45) is 5.41 Å². The van der Waals surface area contributed by atoms with Gasteiger partial charge < -0.3 is 10.1 Å². The minimum Gasteiger partial charge on any atom is -0.512 e. The molecule has 0 saturated carbocycles. The van der Waals surface area contributed by atoms with Gasteiger partial charge in [-0.25, -0.2) is 11.3 Å². The molecule has 0 aliphatic carbocycles. The molecule has 2 heterocycles. The summed E-state index contributed by atoms with van der Waals surface area (Å²) in [7, 11) is 0. The standard InChI is InChI=1S/C18H24NS.C5H8O2.Ir/c1-6-13(2)16-7-8-17(20-16)15-11-14(9-10-19-15)12-18(3,4)5;1-4(6)3-5(2)7;/h7,9-11,13H,6,12H2,1-5H3;3,6H,1-2H3;/q-1;;/b;4-3-;. The van der Waals surface area contributed by atoms with Crippen LogP contribution in [0.4, 0.5) is 0 Å². The quantitative estimate of drug-likeness (QED) is 0.243. The van der Waals surface area contributed by atoms with E-state index in [2.05, 4.69) is 63.9 Å². The van der Waals surface area contributed by atoms with Crippen molar-refractivity contribution in [2.75, 3.05) is 0 Å². The van der Waals surface area contributed by atoms with Gasteiger partial charge in [0, 0.05) is 32.4 Å². The van der Waals surface area contributed by atoms with E-state index in [1.807, 2.05) is 17.5 Å². The van der Waals surface area contributed by atoms with Gasteiger partial charge in [-0.2, -0.15) is 12.1 Å². The van der Waals surface area contributed by atoms with Gasteiger partial charge in [0.15, 0.2) is 5.78 Å². The van der Waals surface area contributed by atoms with Gasteiger partial charge in [0.2, 0.25) is 0 Å². The van der Waals surface area contributed by atoms with Crippen LogP contribution in [0.3, 0.4) is 0 Å². The Balaban J connectivity index is 0.000000786. The Hall–Kier alpha value is -1.29. The molecule has 1 N–H and O–H groups in total. The fourth-order valence-electron chi connectivity index (χ4n) is 2.50. The Morgan fingerprint density at radius 1 is 1.36 bits per heavy atom. The first-order chi connectivity index (χ1) is 12.5. The summed E-state index contributed by atoms with van der Waals surface area (Å²) < 4.78 is 0. The van der Waals surface area contributed by atoms with E-state index in [0.29, 0.717) is 11.3 Å². The summed E-state index contributed by atoms with van der Waals surface area (Å²) in [6.45, 7) is 14.2. The van der Waals surface area contributed by atoms with Crippen molar-refractivity contribution in [1.29, 1.82) is 0 Å². The normalized spacial score (nSPS) is 12.5. The Kier molecular flexibility index (Phi) is 11.7. The number of carbonyl (C=O) groups excluding carboxylic acids is 1. The second-order valence-corrected chi connectivity index (χ2v) is 9.20. The number of aliphatic hydroxyl groups is 1. The van der Waals surface area contributed by atoms with E-state index >= 15 is 0 Å². The van der Waals surface area contributed by atoms with Crippen LogP contribution in [0.2, 0.25) is 0 Å². The molecule has 2 aromatic heterocycles. The first kappa shape index (κ1) is 26.7. The summed E-state index contributed by atoms with van der Waals surface area (Å²) in [5.74, 6) is 0.551. The maximum absolute atomic E-state index is 10.0. The van der Waals surface area contributed by atoms with E-state index < -0.39 is 0 Å². The van der Waals surface area contributed by atoms with E-state index in [-0.39, 0.29) is 31.6 Å². The van der Waals surface area contributed by atoms with Gasteiger partial charge in [0.25, 0.3) is 0 Å². The molecule has 0 saturated heterocycles. The van der Waals surface area contributed by atoms with E-state index in [1.165, 1.54) is 36.8 Å². The first-order valence-corrected chi connectivity index (χ1v) is 10.2. The number of hydrogen-bond acceptors (Lipinski definition) is 4. The minimum absolute atomic E-state index is 0. The summed E-state index contributed by atoms with van der Waals surface area (Å²) in [4.78, 5) is 17.1. The largest absolute Gasteiger partial charge is 0.512 e. The Labute approximate surface area is 187 Å². The van der Waals surface area contributed by atoms with Crippen molar-refractivity contribution >= 4 is 17.1 Å². The van der Waals surface area contributed by atoms with Gasteiger partial charge in [-0.3, -0.25) is 4.79 Å². The van der Waals surface area contributed by atoms with Gasteiger partial charge in [0.05, 0.1) is 5.76 Å². The summed E-state index contributed by atoms with van der Waals surface area (Å²) in [5, 5.41) is 8.36. The third kappa shape index (κ3) is 10.3. The molecule has 1 atom stereocenters. The molecule has 2 aromatic rings. The van der Waals surface area contributed by atoms with Crippen LogP contribution >= 0.6 is 11.3 Å². The fourth-order valence-corrected chi connectivity index (χ4v) is 3.55. The zero-order chi connectivity index (χ0) is 20.6. The molecular weight excluding hydrogens is 547 g/mol. The van der Waals surface area contributed by atoms with E-state index in [1.54, 1.807) is 0 Å². The van der Waals surface area contributed by atoms with Gasteiger partial charge in [-0.15, -0.1) is 0 Å². The maximum atomic E-state index is 10.0. The Morgan fingerprint density at radius 3 is 2.46 bits per heavy atom. The van der Waals surface area contributed by atoms with Crippen molar-refractivity contribution < 1.29 is 30.0 Å². The minimum atomic E-state index is -0.125. The molecule has 0 aliphatic rings. The van der Waals surface area contributed by atoms with Crippen LogP contribution in [-0.2, 0) is 31.3 Å².